The minimum absolute atomic E-state index is 0.158. The summed E-state index contributed by atoms with van der Waals surface area (Å²) in [5.74, 6) is 1.34. The van der Waals surface area contributed by atoms with E-state index < -0.39 is 10.0 Å². The van der Waals surface area contributed by atoms with Gasteiger partial charge in [-0.25, -0.2) is 8.42 Å². The monoisotopic (exact) mass is 401 g/mol. The molecule has 146 valence electrons. The van der Waals surface area contributed by atoms with Crippen molar-refractivity contribution in [1.29, 1.82) is 0 Å². The standard InChI is InChI=1S/C17H27N3O4S2/c21-17(18-6-3-5-14-4-1-2-9-24-14)16-12-15(13-19-16)26(22,23)20-7-10-25-11-8-20/h12-14,19H,1-11H2,(H,18,21)/t14-/m1/s1. The fourth-order valence-electron chi connectivity index (χ4n) is 3.25. The zero-order valence-corrected chi connectivity index (χ0v) is 16.5. The van der Waals surface area contributed by atoms with Crippen molar-refractivity contribution in [3.05, 3.63) is 18.0 Å². The molecule has 0 aromatic carbocycles. The van der Waals surface area contributed by atoms with Crippen molar-refractivity contribution in [2.75, 3.05) is 37.7 Å². The van der Waals surface area contributed by atoms with Crippen molar-refractivity contribution < 1.29 is 17.9 Å². The molecule has 9 heteroatoms. The van der Waals surface area contributed by atoms with Gasteiger partial charge in [0.2, 0.25) is 10.0 Å². The first-order valence-electron chi connectivity index (χ1n) is 9.23. The fourth-order valence-corrected chi connectivity index (χ4v) is 5.82. The Hall–Kier alpha value is -1.03. The lowest BCUT2D eigenvalue weighted by molar-refractivity contribution is 0.0102. The van der Waals surface area contributed by atoms with E-state index in [4.69, 9.17) is 4.74 Å². The van der Waals surface area contributed by atoms with Crippen LogP contribution in [0.25, 0.3) is 0 Å². The molecule has 0 spiro atoms. The number of aromatic amines is 1. The minimum atomic E-state index is -3.52. The lowest BCUT2D eigenvalue weighted by Gasteiger charge is -2.24. The fraction of sp³-hybridized carbons (Fsp3) is 0.706. The van der Waals surface area contributed by atoms with Crippen LogP contribution in [0.15, 0.2) is 17.2 Å². The van der Waals surface area contributed by atoms with E-state index in [1.165, 1.54) is 23.0 Å². The zero-order valence-electron chi connectivity index (χ0n) is 14.9. The molecule has 2 N–H and O–H groups in total. The Balaban J connectivity index is 1.48. The van der Waals surface area contributed by atoms with Gasteiger partial charge >= 0.3 is 0 Å². The second-order valence-electron chi connectivity index (χ2n) is 6.65. The van der Waals surface area contributed by atoms with Gasteiger partial charge in [0.25, 0.3) is 5.91 Å². The first kappa shape index (κ1) is 19.7. The molecular weight excluding hydrogens is 374 g/mol. The molecule has 1 atom stereocenters. The molecule has 2 aliphatic rings. The SMILES string of the molecule is O=C(NCCC[C@H]1CCCCO1)c1cc(S(=O)(=O)N2CCSCC2)c[nH]1. The molecule has 7 nitrogen and oxygen atoms in total. The number of H-pyrrole nitrogens is 1. The number of nitrogens with zero attached hydrogens (tertiary/aromatic N) is 1. The van der Waals surface area contributed by atoms with Gasteiger partial charge in [-0.15, -0.1) is 0 Å². The van der Waals surface area contributed by atoms with Crippen LogP contribution in [0.1, 0.15) is 42.6 Å². The minimum Gasteiger partial charge on any atom is -0.378 e. The van der Waals surface area contributed by atoms with Crippen LogP contribution in [0.4, 0.5) is 0 Å². The van der Waals surface area contributed by atoms with Crippen LogP contribution in [-0.4, -0.2) is 67.5 Å². The Morgan fingerprint density at radius 2 is 2.15 bits per heavy atom. The van der Waals surface area contributed by atoms with Crippen LogP contribution in [0.2, 0.25) is 0 Å². The van der Waals surface area contributed by atoms with Gasteiger partial charge in [-0.3, -0.25) is 4.79 Å². The molecule has 0 bridgehead atoms. The largest absolute Gasteiger partial charge is 0.378 e. The topological polar surface area (TPSA) is 91.5 Å². The number of rotatable bonds is 7. The maximum atomic E-state index is 12.6. The third-order valence-corrected chi connectivity index (χ3v) is 7.59. The summed E-state index contributed by atoms with van der Waals surface area (Å²) in [5, 5.41) is 2.85. The maximum Gasteiger partial charge on any atom is 0.267 e. The van der Waals surface area contributed by atoms with Gasteiger partial charge in [-0.05, 0) is 38.2 Å². The highest BCUT2D eigenvalue weighted by molar-refractivity contribution is 7.99. The number of sulfonamides is 1. The number of amides is 1. The van der Waals surface area contributed by atoms with Crippen molar-refractivity contribution in [3.63, 3.8) is 0 Å². The highest BCUT2D eigenvalue weighted by Crippen LogP contribution is 2.21. The molecular formula is C17H27N3O4S2. The van der Waals surface area contributed by atoms with Crippen molar-refractivity contribution in [3.8, 4) is 0 Å². The normalized spacial score (nSPS) is 22.2. The van der Waals surface area contributed by atoms with Crippen LogP contribution in [0.3, 0.4) is 0 Å². The van der Waals surface area contributed by atoms with Gasteiger partial charge in [-0.2, -0.15) is 16.1 Å². The van der Waals surface area contributed by atoms with Crippen LogP contribution in [0, 0.1) is 0 Å². The molecule has 1 amide bonds. The van der Waals surface area contributed by atoms with Crippen LogP contribution in [-0.2, 0) is 14.8 Å². The molecule has 0 saturated carbocycles. The third kappa shape index (κ3) is 5.03. The Labute approximate surface area is 159 Å². The number of carbonyl (C=O) groups excluding carboxylic acids is 1. The average molecular weight is 402 g/mol. The molecule has 2 aliphatic heterocycles. The van der Waals surface area contributed by atoms with E-state index in [1.807, 2.05) is 0 Å². The van der Waals surface area contributed by atoms with Gasteiger partial charge in [0.15, 0.2) is 0 Å². The number of ether oxygens (including phenoxy) is 1. The first-order chi connectivity index (χ1) is 12.6. The molecule has 2 fully saturated rings. The Bertz CT molecular complexity index is 693. The summed E-state index contributed by atoms with van der Waals surface area (Å²) < 4.78 is 32.4. The maximum absolute atomic E-state index is 12.6. The summed E-state index contributed by atoms with van der Waals surface area (Å²) in [4.78, 5) is 15.2. The number of hydrogen-bond donors (Lipinski definition) is 2. The Morgan fingerprint density at radius 3 is 2.88 bits per heavy atom. The highest BCUT2D eigenvalue weighted by Gasteiger charge is 2.27. The van der Waals surface area contributed by atoms with Crippen LogP contribution >= 0.6 is 11.8 Å². The van der Waals surface area contributed by atoms with Crippen molar-refractivity contribution in [2.45, 2.75) is 43.1 Å². The number of aromatic nitrogens is 1. The summed E-state index contributed by atoms with van der Waals surface area (Å²) in [6, 6.07) is 1.43. The van der Waals surface area contributed by atoms with Crippen molar-refractivity contribution >= 4 is 27.7 Å². The lowest BCUT2D eigenvalue weighted by atomic mass is 10.0. The van der Waals surface area contributed by atoms with E-state index in [0.29, 0.717) is 25.7 Å². The molecule has 0 unspecified atom stereocenters. The van der Waals surface area contributed by atoms with Crippen LogP contribution in [0.5, 0.6) is 0 Å². The molecule has 3 rings (SSSR count). The lowest BCUT2D eigenvalue weighted by Crippen LogP contribution is -2.37. The molecule has 1 aromatic rings. The molecule has 1 aromatic heterocycles. The van der Waals surface area contributed by atoms with E-state index in [1.54, 1.807) is 11.8 Å². The average Bonchev–Trinajstić information content (AvgIpc) is 3.18. The van der Waals surface area contributed by atoms with Gasteiger partial charge in [0.1, 0.15) is 10.6 Å². The van der Waals surface area contributed by atoms with E-state index >= 15 is 0 Å². The molecule has 0 aliphatic carbocycles. The van der Waals surface area contributed by atoms with E-state index in [2.05, 4.69) is 10.3 Å². The van der Waals surface area contributed by atoms with Gasteiger partial charge < -0.3 is 15.0 Å². The summed E-state index contributed by atoms with van der Waals surface area (Å²) >= 11 is 1.75. The highest BCUT2D eigenvalue weighted by atomic mass is 32.2. The molecule has 0 radical (unpaired) electrons. The second-order valence-corrected chi connectivity index (χ2v) is 9.81. The van der Waals surface area contributed by atoms with Gasteiger partial charge in [0.05, 0.1) is 6.10 Å². The predicted molar refractivity (Wildman–Crippen MR) is 102 cm³/mol. The molecule has 2 saturated heterocycles. The summed E-state index contributed by atoms with van der Waals surface area (Å²) in [6.07, 6.45) is 6.97. The van der Waals surface area contributed by atoms with Crippen molar-refractivity contribution in [1.82, 2.24) is 14.6 Å². The van der Waals surface area contributed by atoms with E-state index in [0.717, 1.165) is 43.8 Å². The van der Waals surface area contributed by atoms with E-state index in [-0.39, 0.29) is 16.5 Å². The predicted octanol–water partition coefficient (Wildman–Crippen LogP) is 1.83. The third-order valence-electron chi connectivity index (χ3n) is 4.77. The van der Waals surface area contributed by atoms with Gasteiger partial charge in [-0.1, -0.05) is 0 Å². The van der Waals surface area contributed by atoms with E-state index in [9.17, 15) is 13.2 Å². The quantitative estimate of drug-likeness (QED) is 0.680. The number of carbonyl (C=O) groups is 1. The summed E-state index contributed by atoms with van der Waals surface area (Å²) in [7, 11) is -3.52. The number of nitrogens with one attached hydrogen (secondary N) is 2. The number of hydrogen-bond acceptors (Lipinski definition) is 5. The molecule has 3 heterocycles. The first-order valence-corrected chi connectivity index (χ1v) is 11.8. The smallest absolute Gasteiger partial charge is 0.267 e. The summed E-state index contributed by atoms with van der Waals surface area (Å²) in [6.45, 7) is 2.43. The number of thioether (sulfide) groups is 1. The van der Waals surface area contributed by atoms with Gasteiger partial charge in [0, 0.05) is 43.9 Å². The Kier molecular flexibility index (Phi) is 7.02. The second kappa shape index (κ2) is 9.25. The Morgan fingerprint density at radius 1 is 1.35 bits per heavy atom. The van der Waals surface area contributed by atoms with Crippen LogP contribution < -0.4 is 5.32 Å². The zero-order chi connectivity index (χ0) is 18.4. The summed E-state index contributed by atoms with van der Waals surface area (Å²) in [5.41, 5.74) is 0.281. The van der Waals surface area contributed by atoms with Crippen molar-refractivity contribution in [2.24, 2.45) is 0 Å². The molecule has 26 heavy (non-hydrogen) atoms.